The van der Waals surface area contributed by atoms with Gasteiger partial charge in [-0.3, -0.25) is 14.2 Å². The number of amides is 1. The van der Waals surface area contributed by atoms with Gasteiger partial charge in [0.2, 0.25) is 5.91 Å². The predicted octanol–water partition coefficient (Wildman–Crippen LogP) is 2.73. The van der Waals surface area contributed by atoms with Crippen LogP contribution in [0.2, 0.25) is 5.02 Å². The van der Waals surface area contributed by atoms with Crippen molar-refractivity contribution in [3.63, 3.8) is 0 Å². The molecule has 2 aromatic heterocycles. The van der Waals surface area contributed by atoms with Gasteiger partial charge in [0.05, 0.1) is 29.1 Å². The van der Waals surface area contributed by atoms with Crippen molar-refractivity contribution in [3.05, 3.63) is 65.2 Å². The number of nitrogens with zero attached hydrogens (tertiary/aromatic N) is 4. The highest BCUT2D eigenvalue weighted by Gasteiger charge is 2.08. The highest BCUT2D eigenvalue weighted by Crippen LogP contribution is 2.12. The van der Waals surface area contributed by atoms with Crippen LogP contribution in [0.25, 0.3) is 0 Å². The summed E-state index contributed by atoms with van der Waals surface area (Å²) in [6.45, 7) is 2.56. The van der Waals surface area contributed by atoms with Crippen LogP contribution in [-0.4, -0.2) is 25.5 Å². The standard InChI is InChI=1S/C16H16ClN5O/c1-12-15(17)10-22(20-12)11-16(23)19-14-7-18-21(9-14)8-13-5-3-2-4-6-13/h2-7,9-10H,8,11H2,1H3,(H,19,23). The Kier molecular flexibility index (Phi) is 4.43. The van der Waals surface area contributed by atoms with Crippen molar-refractivity contribution in [3.8, 4) is 0 Å². The largest absolute Gasteiger partial charge is 0.322 e. The van der Waals surface area contributed by atoms with Gasteiger partial charge in [-0.15, -0.1) is 0 Å². The lowest BCUT2D eigenvalue weighted by Crippen LogP contribution is -2.18. The second-order valence-corrected chi connectivity index (χ2v) is 5.63. The quantitative estimate of drug-likeness (QED) is 0.782. The van der Waals surface area contributed by atoms with E-state index in [-0.39, 0.29) is 12.5 Å². The van der Waals surface area contributed by atoms with Crippen LogP contribution in [0.3, 0.4) is 0 Å². The Morgan fingerprint density at radius 3 is 2.70 bits per heavy atom. The van der Waals surface area contributed by atoms with Gasteiger partial charge in [-0.1, -0.05) is 41.9 Å². The maximum atomic E-state index is 12.0. The first-order valence-corrected chi connectivity index (χ1v) is 7.54. The zero-order chi connectivity index (χ0) is 16.2. The third kappa shape index (κ3) is 3.98. The molecule has 0 unspecified atom stereocenters. The molecule has 1 amide bonds. The summed E-state index contributed by atoms with van der Waals surface area (Å²) in [6.07, 6.45) is 5.06. The number of carbonyl (C=O) groups is 1. The molecule has 0 fully saturated rings. The monoisotopic (exact) mass is 329 g/mol. The number of benzene rings is 1. The van der Waals surface area contributed by atoms with Crippen LogP contribution in [0.15, 0.2) is 48.9 Å². The number of aromatic nitrogens is 4. The van der Waals surface area contributed by atoms with Crippen molar-refractivity contribution in [2.75, 3.05) is 5.32 Å². The molecule has 7 heteroatoms. The normalized spacial score (nSPS) is 10.7. The van der Waals surface area contributed by atoms with Crippen molar-refractivity contribution in [1.82, 2.24) is 19.6 Å². The van der Waals surface area contributed by atoms with E-state index in [1.807, 2.05) is 30.3 Å². The third-order valence-electron chi connectivity index (χ3n) is 3.30. The van der Waals surface area contributed by atoms with Crippen LogP contribution in [0, 0.1) is 6.92 Å². The zero-order valence-electron chi connectivity index (χ0n) is 12.6. The molecule has 0 bridgehead atoms. The minimum Gasteiger partial charge on any atom is -0.322 e. The molecule has 23 heavy (non-hydrogen) atoms. The van der Waals surface area contributed by atoms with Crippen LogP contribution in [0.4, 0.5) is 5.69 Å². The highest BCUT2D eigenvalue weighted by molar-refractivity contribution is 6.31. The lowest BCUT2D eigenvalue weighted by molar-refractivity contribution is -0.116. The summed E-state index contributed by atoms with van der Waals surface area (Å²) in [7, 11) is 0. The molecule has 6 nitrogen and oxygen atoms in total. The Bertz CT molecular complexity index is 790. The van der Waals surface area contributed by atoms with Gasteiger partial charge in [-0.25, -0.2) is 0 Å². The van der Waals surface area contributed by atoms with Gasteiger partial charge >= 0.3 is 0 Å². The van der Waals surface area contributed by atoms with Crippen LogP contribution < -0.4 is 5.32 Å². The molecule has 2 heterocycles. The second-order valence-electron chi connectivity index (χ2n) is 5.22. The number of hydrogen-bond acceptors (Lipinski definition) is 3. The minimum atomic E-state index is -0.177. The topological polar surface area (TPSA) is 64.7 Å². The molecule has 3 aromatic rings. The van der Waals surface area contributed by atoms with Crippen LogP contribution in [0.1, 0.15) is 11.3 Å². The van der Waals surface area contributed by atoms with Crippen LogP contribution in [0.5, 0.6) is 0 Å². The minimum absolute atomic E-state index is 0.109. The van der Waals surface area contributed by atoms with E-state index in [0.29, 0.717) is 22.9 Å². The molecular weight excluding hydrogens is 314 g/mol. The van der Waals surface area contributed by atoms with Gasteiger partial charge in [-0.05, 0) is 12.5 Å². The molecule has 0 aliphatic carbocycles. The van der Waals surface area contributed by atoms with Gasteiger partial charge in [0.25, 0.3) is 0 Å². The Hall–Kier alpha value is -2.60. The summed E-state index contributed by atoms with van der Waals surface area (Å²) in [5.41, 5.74) is 2.51. The molecule has 1 N–H and O–H groups in total. The molecule has 0 aliphatic rings. The summed E-state index contributed by atoms with van der Waals surface area (Å²) >= 11 is 5.93. The summed E-state index contributed by atoms with van der Waals surface area (Å²) < 4.78 is 3.29. The summed E-state index contributed by atoms with van der Waals surface area (Å²) in [4.78, 5) is 12.0. The molecule has 0 spiro atoms. The van der Waals surface area contributed by atoms with Crippen LogP contribution >= 0.6 is 11.6 Å². The van der Waals surface area contributed by atoms with Crippen molar-refractivity contribution >= 4 is 23.2 Å². The third-order valence-corrected chi connectivity index (χ3v) is 3.67. The Balaban J connectivity index is 1.59. The second kappa shape index (κ2) is 6.66. The highest BCUT2D eigenvalue weighted by atomic mass is 35.5. The van der Waals surface area contributed by atoms with E-state index < -0.39 is 0 Å². The smallest absolute Gasteiger partial charge is 0.246 e. The SMILES string of the molecule is Cc1nn(CC(=O)Nc2cnn(Cc3ccccc3)c2)cc1Cl. The summed E-state index contributed by atoms with van der Waals surface area (Å²) in [6, 6.07) is 10.0. The predicted molar refractivity (Wildman–Crippen MR) is 88.4 cm³/mol. The molecule has 0 saturated heterocycles. The fourth-order valence-corrected chi connectivity index (χ4v) is 2.36. The lowest BCUT2D eigenvalue weighted by atomic mass is 10.2. The number of carbonyl (C=O) groups excluding carboxylic acids is 1. The molecule has 0 atom stereocenters. The fourth-order valence-electron chi connectivity index (χ4n) is 2.21. The van der Waals surface area contributed by atoms with Crippen LogP contribution in [-0.2, 0) is 17.9 Å². The Morgan fingerprint density at radius 1 is 1.22 bits per heavy atom. The molecule has 118 valence electrons. The van der Waals surface area contributed by atoms with E-state index in [0.717, 1.165) is 5.56 Å². The average Bonchev–Trinajstić information content (AvgIpc) is 3.07. The van der Waals surface area contributed by atoms with Gasteiger partial charge < -0.3 is 5.32 Å². The van der Waals surface area contributed by atoms with Gasteiger partial charge in [0, 0.05) is 12.4 Å². The van der Waals surface area contributed by atoms with E-state index >= 15 is 0 Å². The molecule has 1 aromatic carbocycles. The van der Waals surface area contributed by atoms with E-state index in [1.165, 1.54) is 4.68 Å². The maximum Gasteiger partial charge on any atom is 0.246 e. The molecular formula is C16H16ClN5O. The number of aryl methyl sites for hydroxylation is 1. The Morgan fingerprint density at radius 2 is 2.00 bits per heavy atom. The molecule has 0 saturated carbocycles. The maximum absolute atomic E-state index is 12.0. The van der Waals surface area contributed by atoms with Gasteiger partial charge in [-0.2, -0.15) is 10.2 Å². The molecule has 3 rings (SSSR count). The molecule has 0 aliphatic heterocycles. The van der Waals surface area contributed by atoms with Crippen molar-refractivity contribution < 1.29 is 4.79 Å². The summed E-state index contributed by atoms with van der Waals surface area (Å²) in [5.74, 6) is -0.177. The summed E-state index contributed by atoms with van der Waals surface area (Å²) in [5, 5.41) is 11.8. The zero-order valence-corrected chi connectivity index (χ0v) is 13.4. The Labute approximate surface area is 138 Å². The fraction of sp³-hybridized carbons (Fsp3) is 0.188. The van der Waals surface area contributed by atoms with Crippen molar-refractivity contribution in [2.24, 2.45) is 0 Å². The first-order chi connectivity index (χ1) is 11.1. The van der Waals surface area contributed by atoms with E-state index in [4.69, 9.17) is 11.6 Å². The number of halogens is 1. The first-order valence-electron chi connectivity index (χ1n) is 7.16. The number of rotatable bonds is 5. The number of hydrogen-bond donors (Lipinski definition) is 1. The molecule has 0 radical (unpaired) electrons. The van der Waals surface area contributed by atoms with E-state index in [9.17, 15) is 4.79 Å². The number of nitrogens with one attached hydrogen (secondary N) is 1. The number of anilines is 1. The lowest BCUT2D eigenvalue weighted by Gasteiger charge is -2.03. The first kappa shape index (κ1) is 15.3. The van der Waals surface area contributed by atoms with E-state index in [2.05, 4.69) is 15.5 Å². The van der Waals surface area contributed by atoms with Gasteiger partial charge in [0.1, 0.15) is 6.54 Å². The van der Waals surface area contributed by atoms with Crippen molar-refractivity contribution in [2.45, 2.75) is 20.0 Å². The van der Waals surface area contributed by atoms with Crippen molar-refractivity contribution in [1.29, 1.82) is 0 Å². The van der Waals surface area contributed by atoms with Gasteiger partial charge in [0.15, 0.2) is 0 Å². The van der Waals surface area contributed by atoms with E-state index in [1.54, 1.807) is 30.2 Å². The average molecular weight is 330 g/mol.